The first-order chi connectivity index (χ1) is 13.6. The number of fused-ring (bicyclic) bond motifs is 1. The molecule has 28 heavy (non-hydrogen) atoms. The van der Waals surface area contributed by atoms with Crippen molar-refractivity contribution in [2.24, 2.45) is 0 Å². The fourth-order valence-corrected chi connectivity index (χ4v) is 4.19. The number of aromatic nitrogens is 2. The maximum atomic E-state index is 13.5. The summed E-state index contributed by atoms with van der Waals surface area (Å²) in [6.07, 6.45) is 0.880. The standard InChI is InChI=1S/C22H25ClN4O/c1-3-20(26-13-12-24-15(2)14-26)21-25-19-7-5-4-6-18(19)22(28)27(21)17-10-8-16(23)9-11-17/h4-11,15,20,24H,3,12-14H2,1-2H3/t15-,20+/m0/s1. The Bertz CT molecular complexity index is 1030. The molecule has 0 bridgehead atoms. The molecule has 0 unspecified atom stereocenters. The molecule has 6 heteroatoms. The van der Waals surface area contributed by atoms with Crippen LogP contribution >= 0.6 is 11.6 Å². The van der Waals surface area contributed by atoms with Gasteiger partial charge in [-0.1, -0.05) is 30.7 Å². The van der Waals surface area contributed by atoms with E-state index in [0.717, 1.165) is 43.1 Å². The molecule has 2 aromatic carbocycles. The zero-order valence-corrected chi connectivity index (χ0v) is 17.0. The van der Waals surface area contributed by atoms with E-state index < -0.39 is 0 Å². The van der Waals surface area contributed by atoms with Gasteiger partial charge in [0.1, 0.15) is 5.82 Å². The molecular weight excluding hydrogens is 372 g/mol. The van der Waals surface area contributed by atoms with Crippen LogP contribution in [0.1, 0.15) is 32.1 Å². The van der Waals surface area contributed by atoms with Gasteiger partial charge < -0.3 is 5.32 Å². The summed E-state index contributed by atoms with van der Waals surface area (Å²) in [6, 6.07) is 15.5. The fourth-order valence-electron chi connectivity index (χ4n) is 4.06. The Labute approximate surface area is 170 Å². The van der Waals surface area contributed by atoms with Gasteiger partial charge in [-0.15, -0.1) is 0 Å². The van der Waals surface area contributed by atoms with Crippen LogP contribution in [0.2, 0.25) is 5.02 Å². The van der Waals surface area contributed by atoms with Gasteiger partial charge in [-0.3, -0.25) is 14.3 Å². The SMILES string of the molecule is CC[C@H](c1nc2ccccc2c(=O)n1-c1ccc(Cl)cc1)N1CCN[C@@H](C)C1. The van der Waals surface area contributed by atoms with Crippen molar-refractivity contribution >= 4 is 22.5 Å². The smallest absolute Gasteiger partial charge is 0.266 e. The summed E-state index contributed by atoms with van der Waals surface area (Å²) in [5, 5.41) is 4.77. The van der Waals surface area contributed by atoms with E-state index in [2.05, 4.69) is 24.1 Å². The molecule has 0 amide bonds. The third-order valence-corrected chi connectivity index (χ3v) is 5.66. The second-order valence-electron chi connectivity index (χ2n) is 7.38. The second-order valence-corrected chi connectivity index (χ2v) is 7.81. The first-order valence-corrected chi connectivity index (χ1v) is 10.2. The predicted molar refractivity (Wildman–Crippen MR) is 114 cm³/mol. The highest BCUT2D eigenvalue weighted by atomic mass is 35.5. The molecular formula is C22H25ClN4O. The van der Waals surface area contributed by atoms with Gasteiger partial charge in [0.05, 0.1) is 22.6 Å². The summed E-state index contributed by atoms with van der Waals surface area (Å²) >= 11 is 6.08. The maximum Gasteiger partial charge on any atom is 0.266 e. The van der Waals surface area contributed by atoms with Gasteiger partial charge in [-0.05, 0) is 49.7 Å². The van der Waals surface area contributed by atoms with Crippen molar-refractivity contribution in [2.45, 2.75) is 32.4 Å². The minimum absolute atomic E-state index is 0.0374. The second kappa shape index (κ2) is 8.03. The Morgan fingerprint density at radius 1 is 1.21 bits per heavy atom. The summed E-state index contributed by atoms with van der Waals surface area (Å²) in [5.41, 5.74) is 1.50. The highest BCUT2D eigenvalue weighted by Gasteiger charge is 2.28. The van der Waals surface area contributed by atoms with E-state index in [0.29, 0.717) is 16.5 Å². The number of hydrogen-bond acceptors (Lipinski definition) is 4. The molecule has 0 aliphatic carbocycles. The van der Waals surface area contributed by atoms with Gasteiger partial charge in [0.2, 0.25) is 0 Å². The monoisotopic (exact) mass is 396 g/mol. The molecule has 1 N–H and O–H groups in total. The van der Waals surface area contributed by atoms with Crippen molar-refractivity contribution in [3.63, 3.8) is 0 Å². The van der Waals surface area contributed by atoms with Crippen LogP contribution in [-0.4, -0.2) is 40.1 Å². The number of rotatable bonds is 4. The lowest BCUT2D eigenvalue weighted by molar-refractivity contribution is 0.137. The molecule has 1 fully saturated rings. The van der Waals surface area contributed by atoms with Crippen molar-refractivity contribution in [3.8, 4) is 5.69 Å². The van der Waals surface area contributed by atoms with Crippen LogP contribution in [0, 0.1) is 0 Å². The van der Waals surface area contributed by atoms with Gasteiger partial charge in [-0.2, -0.15) is 0 Å². The third kappa shape index (κ3) is 3.58. The van der Waals surface area contributed by atoms with Crippen molar-refractivity contribution in [2.75, 3.05) is 19.6 Å². The van der Waals surface area contributed by atoms with Crippen molar-refractivity contribution in [1.29, 1.82) is 0 Å². The molecule has 146 valence electrons. The van der Waals surface area contributed by atoms with Crippen molar-refractivity contribution < 1.29 is 0 Å². The summed E-state index contributed by atoms with van der Waals surface area (Å²) in [4.78, 5) is 20.9. The van der Waals surface area contributed by atoms with Gasteiger partial charge in [0, 0.05) is 30.7 Å². The highest BCUT2D eigenvalue weighted by Crippen LogP contribution is 2.27. The quantitative estimate of drug-likeness (QED) is 0.729. The van der Waals surface area contributed by atoms with E-state index in [1.54, 1.807) is 4.57 Å². The summed E-state index contributed by atoms with van der Waals surface area (Å²) in [6.45, 7) is 7.16. The molecule has 4 rings (SSSR count). The molecule has 1 saturated heterocycles. The number of para-hydroxylation sites is 1. The first kappa shape index (κ1) is 19.1. The molecule has 0 radical (unpaired) electrons. The zero-order valence-electron chi connectivity index (χ0n) is 16.2. The Morgan fingerprint density at radius 3 is 2.68 bits per heavy atom. The van der Waals surface area contributed by atoms with Crippen LogP contribution in [0.4, 0.5) is 0 Å². The average Bonchev–Trinajstić information content (AvgIpc) is 2.70. The number of hydrogen-bond donors (Lipinski definition) is 1. The lowest BCUT2D eigenvalue weighted by atomic mass is 10.1. The molecule has 2 atom stereocenters. The van der Waals surface area contributed by atoms with E-state index in [9.17, 15) is 4.79 Å². The Morgan fingerprint density at radius 2 is 1.96 bits per heavy atom. The highest BCUT2D eigenvalue weighted by molar-refractivity contribution is 6.30. The zero-order chi connectivity index (χ0) is 19.7. The number of benzene rings is 2. The van der Waals surface area contributed by atoms with E-state index in [1.807, 2.05) is 48.5 Å². The molecule has 2 heterocycles. The number of piperazine rings is 1. The van der Waals surface area contributed by atoms with Crippen LogP contribution in [0.5, 0.6) is 0 Å². The molecule has 1 aliphatic rings. The maximum absolute atomic E-state index is 13.5. The fraction of sp³-hybridized carbons (Fsp3) is 0.364. The Hall–Kier alpha value is -2.21. The molecule has 1 aliphatic heterocycles. The molecule has 5 nitrogen and oxygen atoms in total. The van der Waals surface area contributed by atoms with Gasteiger partial charge >= 0.3 is 0 Å². The molecule has 0 saturated carbocycles. The summed E-state index contributed by atoms with van der Waals surface area (Å²) in [7, 11) is 0. The largest absolute Gasteiger partial charge is 0.312 e. The van der Waals surface area contributed by atoms with Gasteiger partial charge in [-0.25, -0.2) is 4.98 Å². The van der Waals surface area contributed by atoms with Gasteiger partial charge in [0.15, 0.2) is 0 Å². The van der Waals surface area contributed by atoms with Crippen LogP contribution in [0.25, 0.3) is 16.6 Å². The van der Waals surface area contributed by atoms with Crippen molar-refractivity contribution in [1.82, 2.24) is 19.8 Å². The minimum Gasteiger partial charge on any atom is -0.312 e. The van der Waals surface area contributed by atoms with Crippen LogP contribution in [0.15, 0.2) is 53.3 Å². The first-order valence-electron chi connectivity index (χ1n) is 9.83. The van der Waals surface area contributed by atoms with E-state index >= 15 is 0 Å². The minimum atomic E-state index is -0.0374. The van der Waals surface area contributed by atoms with Crippen LogP contribution < -0.4 is 10.9 Å². The number of nitrogens with one attached hydrogen (secondary N) is 1. The van der Waals surface area contributed by atoms with Crippen LogP contribution in [0.3, 0.4) is 0 Å². The van der Waals surface area contributed by atoms with Crippen LogP contribution in [-0.2, 0) is 0 Å². The topological polar surface area (TPSA) is 50.2 Å². The third-order valence-electron chi connectivity index (χ3n) is 5.41. The average molecular weight is 397 g/mol. The lowest BCUT2D eigenvalue weighted by Crippen LogP contribution is -2.51. The van der Waals surface area contributed by atoms with E-state index in [-0.39, 0.29) is 11.6 Å². The lowest BCUT2D eigenvalue weighted by Gasteiger charge is -2.37. The van der Waals surface area contributed by atoms with E-state index in [4.69, 9.17) is 16.6 Å². The number of halogens is 1. The summed E-state index contributed by atoms with van der Waals surface area (Å²) < 4.78 is 1.76. The van der Waals surface area contributed by atoms with Crippen molar-refractivity contribution in [3.05, 3.63) is 69.7 Å². The summed E-state index contributed by atoms with van der Waals surface area (Å²) in [5.74, 6) is 0.794. The molecule has 3 aromatic rings. The Balaban J connectivity index is 1.93. The molecule has 1 aromatic heterocycles. The van der Waals surface area contributed by atoms with Gasteiger partial charge in [0.25, 0.3) is 5.56 Å². The normalized spacial score (nSPS) is 19.0. The predicted octanol–water partition coefficient (Wildman–Crippen LogP) is 3.78. The van der Waals surface area contributed by atoms with E-state index in [1.165, 1.54) is 0 Å². The molecule has 0 spiro atoms. The number of nitrogens with zero attached hydrogens (tertiary/aromatic N) is 3. The Kier molecular flexibility index (Phi) is 5.49.